The first kappa shape index (κ1) is 19.1. The van der Waals surface area contributed by atoms with Crippen molar-refractivity contribution in [2.45, 2.75) is 37.1 Å². The molecule has 1 aliphatic rings. The lowest BCUT2D eigenvalue weighted by molar-refractivity contribution is 0.310. The first-order chi connectivity index (χ1) is 12.4. The number of sulfone groups is 1. The zero-order chi connectivity index (χ0) is 18.7. The summed E-state index contributed by atoms with van der Waals surface area (Å²) < 4.78 is 24.7. The Morgan fingerprint density at radius 3 is 2.92 bits per heavy atom. The van der Waals surface area contributed by atoms with Crippen molar-refractivity contribution in [2.75, 3.05) is 26.4 Å². The van der Waals surface area contributed by atoms with Crippen LogP contribution in [0.5, 0.6) is 0 Å². The van der Waals surface area contributed by atoms with E-state index in [2.05, 4.69) is 47.2 Å². The van der Waals surface area contributed by atoms with E-state index in [0.29, 0.717) is 12.5 Å². The summed E-state index contributed by atoms with van der Waals surface area (Å²) in [7, 11) is 0.650. The van der Waals surface area contributed by atoms with Crippen LogP contribution in [0.4, 0.5) is 0 Å². The number of aromatic nitrogens is 1. The number of aromatic amines is 1. The predicted molar refractivity (Wildman–Crippen MR) is 108 cm³/mol. The van der Waals surface area contributed by atoms with Gasteiger partial charge in [0.15, 0.2) is 9.84 Å². The molecule has 0 amide bonds. The molecule has 2 heterocycles. The van der Waals surface area contributed by atoms with Gasteiger partial charge in [-0.25, -0.2) is 8.42 Å². The van der Waals surface area contributed by atoms with E-state index in [1.807, 2.05) is 6.07 Å². The molecular weight excluding hydrogens is 346 g/mol. The molecule has 1 aliphatic heterocycles. The van der Waals surface area contributed by atoms with Crippen LogP contribution in [0.15, 0.2) is 37.1 Å². The van der Waals surface area contributed by atoms with Crippen molar-refractivity contribution < 1.29 is 8.42 Å². The molecule has 3 rings (SSSR count). The number of H-pyrrole nitrogens is 1. The Morgan fingerprint density at radius 2 is 2.27 bits per heavy atom. The van der Waals surface area contributed by atoms with Crippen LogP contribution in [0.25, 0.3) is 10.9 Å². The fourth-order valence-electron chi connectivity index (χ4n) is 3.92. The third kappa shape index (κ3) is 4.03. The molecule has 1 aromatic heterocycles. The number of hydrogen-bond acceptors (Lipinski definition) is 4. The molecule has 0 radical (unpaired) electrons. The van der Waals surface area contributed by atoms with Gasteiger partial charge in [-0.15, -0.1) is 6.58 Å². The van der Waals surface area contributed by atoms with Crippen LogP contribution in [-0.4, -0.2) is 56.1 Å². The summed E-state index contributed by atoms with van der Waals surface area (Å²) in [5, 5.41) is 3.56. The fraction of sp³-hybridized carbons (Fsp3) is 0.500. The van der Waals surface area contributed by atoms with Crippen LogP contribution in [0.2, 0.25) is 0 Å². The summed E-state index contributed by atoms with van der Waals surface area (Å²) in [5.74, 6) is -0.00975. The Kier molecular flexibility index (Phi) is 5.85. The minimum absolute atomic E-state index is 0.00975. The topological polar surface area (TPSA) is 65.2 Å². The molecule has 1 unspecified atom stereocenters. The number of fused-ring (bicyclic) bond motifs is 1. The molecule has 2 N–H and O–H groups in total. The molecule has 0 saturated carbocycles. The third-order valence-electron chi connectivity index (χ3n) is 5.49. The SMILES string of the molecule is C=CCS(=O)(=O)C(Cc1ccc2[nH]cc(C[C@H]3CCCN3C)c2c1)NC. The number of rotatable bonds is 8. The van der Waals surface area contributed by atoms with Gasteiger partial charge in [0, 0.05) is 29.6 Å². The minimum Gasteiger partial charge on any atom is -0.361 e. The second kappa shape index (κ2) is 7.94. The van der Waals surface area contributed by atoms with Crippen LogP contribution < -0.4 is 5.32 Å². The maximum absolute atomic E-state index is 12.4. The lowest BCUT2D eigenvalue weighted by Gasteiger charge is -2.19. The van der Waals surface area contributed by atoms with Crippen molar-refractivity contribution in [3.63, 3.8) is 0 Å². The van der Waals surface area contributed by atoms with Crippen molar-refractivity contribution in [3.8, 4) is 0 Å². The Balaban J connectivity index is 1.83. The monoisotopic (exact) mass is 375 g/mol. The Hall–Kier alpha value is -1.63. The quantitative estimate of drug-likeness (QED) is 0.696. The maximum Gasteiger partial charge on any atom is 0.169 e. The average molecular weight is 376 g/mol. The van der Waals surface area contributed by atoms with Gasteiger partial charge in [0.2, 0.25) is 0 Å². The highest BCUT2D eigenvalue weighted by molar-refractivity contribution is 7.92. The molecule has 1 fully saturated rings. The van der Waals surface area contributed by atoms with Gasteiger partial charge in [-0.3, -0.25) is 0 Å². The van der Waals surface area contributed by atoms with E-state index in [0.717, 1.165) is 17.5 Å². The number of likely N-dealkylation sites (N-methyl/N-ethyl adjacent to an activating group) is 2. The molecule has 2 atom stereocenters. The molecule has 26 heavy (non-hydrogen) atoms. The first-order valence-corrected chi connectivity index (χ1v) is 10.9. The zero-order valence-electron chi connectivity index (χ0n) is 15.7. The van der Waals surface area contributed by atoms with E-state index >= 15 is 0 Å². The summed E-state index contributed by atoms with van der Waals surface area (Å²) >= 11 is 0. The highest BCUT2D eigenvalue weighted by atomic mass is 32.2. The summed E-state index contributed by atoms with van der Waals surface area (Å²) in [6, 6.07) is 6.80. The van der Waals surface area contributed by atoms with E-state index in [9.17, 15) is 8.42 Å². The van der Waals surface area contributed by atoms with E-state index < -0.39 is 15.2 Å². The van der Waals surface area contributed by atoms with Gasteiger partial charge in [0.1, 0.15) is 5.37 Å². The molecular formula is C20H29N3O2S. The Labute approximate surface area is 156 Å². The van der Waals surface area contributed by atoms with E-state index in [4.69, 9.17) is 0 Å². The van der Waals surface area contributed by atoms with E-state index in [1.54, 1.807) is 7.05 Å². The molecule has 0 spiro atoms. The van der Waals surface area contributed by atoms with Crippen molar-refractivity contribution in [1.29, 1.82) is 0 Å². The lowest BCUT2D eigenvalue weighted by Crippen LogP contribution is -2.37. The number of benzene rings is 1. The van der Waals surface area contributed by atoms with Crippen LogP contribution in [0.1, 0.15) is 24.0 Å². The van der Waals surface area contributed by atoms with Gasteiger partial charge < -0.3 is 15.2 Å². The second-order valence-corrected chi connectivity index (χ2v) is 9.50. The lowest BCUT2D eigenvalue weighted by atomic mass is 10.0. The number of nitrogens with one attached hydrogen (secondary N) is 2. The normalized spacial score (nSPS) is 19.8. The maximum atomic E-state index is 12.4. The van der Waals surface area contributed by atoms with E-state index in [-0.39, 0.29) is 5.75 Å². The Morgan fingerprint density at radius 1 is 1.46 bits per heavy atom. The van der Waals surface area contributed by atoms with Crippen LogP contribution in [0.3, 0.4) is 0 Å². The van der Waals surface area contributed by atoms with Gasteiger partial charge in [0.25, 0.3) is 0 Å². The van der Waals surface area contributed by atoms with Crippen molar-refractivity contribution in [2.24, 2.45) is 0 Å². The van der Waals surface area contributed by atoms with Gasteiger partial charge in [-0.2, -0.15) is 0 Å². The Bertz CT molecular complexity index is 872. The number of nitrogens with zero attached hydrogens (tertiary/aromatic N) is 1. The molecule has 0 aliphatic carbocycles. The van der Waals surface area contributed by atoms with Gasteiger partial charge >= 0.3 is 0 Å². The van der Waals surface area contributed by atoms with E-state index in [1.165, 1.54) is 36.4 Å². The van der Waals surface area contributed by atoms with Gasteiger partial charge in [0.05, 0.1) is 5.75 Å². The summed E-state index contributed by atoms with van der Waals surface area (Å²) in [6.45, 7) is 4.72. The van der Waals surface area contributed by atoms with Crippen molar-refractivity contribution in [1.82, 2.24) is 15.2 Å². The first-order valence-electron chi connectivity index (χ1n) is 9.23. The molecule has 1 saturated heterocycles. The van der Waals surface area contributed by atoms with Gasteiger partial charge in [-0.1, -0.05) is 12.1 Å². The number of hydrogen-bond donors (Lipinski definition) is 2. The fourth-order valence-corrected chi connectivity index (χ4v) is 5.28. The largest absolute Gasteiger partial charge is 0.361 e. The molecule has 6 heteroatoms. The van der Waals surface area contributed by atoms with Crippen LogP contribution >= 0.6 is 0 Å². The van der Waals surface area contributed by atoms with Crippen molar-refractivity contribution in [3.05, 3.63) is 48.2 Å². The second-order valence-electron chi connectivity index (χ2n) is 7.27. The summed E-state index contributed by atoms with van der Waals surface area (Å²) in [6.07, 6.45) is 7.54. The third-order valence-corrected chi connectivity index (χ3v) is 7.46. The molecule has 142 valence electrons. The standard InChI is InChI=1S/C20H29N3O2S/c1-4-10-26(24,25)20(21-2)12-15-7-8-19-18(11-15)16(14-22-19)13-17-6-5-9-23(17)3/h4,7-8,11,14,17,20-22H,1,5-6,9-10,12-13H2,2-3H3/t17-,20?/m1/s1. The van der Waals surface area contributed by atoms with Crippen molar-refractivity contribution >= 4 is 20.7 Å². The van der Waals surface area contributed by atoms with Crippen LogP contribution in [-0.2, 0) is 22.7 Å². The molecule has 1 aromatic carbocycles. The highest BCUT2D eigenvalue weighted by Gasteiger charge is 2.24. The smallest absolute Gasteiger partial charge is 0.169 e. The molecule has 0 bridgehead atoms. The molecule has 5 nitrogen and oxygen atoms in total. The number of likely N-dealkylation sites (tertiary alicyclic amines) is 1. The van der Waals surface area contributed by atoms with Gasteiger partial charge in [-0.05, 0) is 63.2 Å². The summed E-state index contributed by atoms with van der Waals surface area (Å²) in [4.78, 5) is 5.79. The minimum atomic E-state index is -3.24. The summed E-state index contributed by atoms with van der Waals surface area (Å²) in [5.41, 5.74) is 3.46. The average Bonchev–Trinajstić information content (AvgIpc) is 3.19. The predicted octanol–water partition coefficient (Wildman–Crippen LogP) is 2.49. The highest BCUT2D eigenvalue weighted by Crippen LogP contribution is 2.26. The zero-order valence-corrected chi connectivity index (χ0v) is 16.5. The van der Waals surface area contributed by atoms with Crippen LogP contribution in [0, 0.1) is 0 Å². The molecule has 2 aromatic rings.